The third-order valence-electron chi connectivity index (χ3n) is 14.2. The van der Waals surface area contributed by atoms with Crippen molar-refractivity contribution < 1.29 is 20.8 Å². The first-order chi connectivity index (χ1) is 27.3. The highest BCUT2D eigenvalue weighted by Gasteiger charge is 2.55. The van der Waals surface area contributed by atoms with Crippen LogP contribution in [0.15, 0.2) is 30.3 Å². The number of benzene rings is 1. The van der Waals surface area contributed by atoms with Crippen molar-refractivity contribution in [2.45, 2.75) is 231 Å². The van der Waals surface area contributed by atoms with Crippen molar-refractivity contribution in [1.29, 1.82) is 0 Å². The number of nitrogens with one attached hydrogen (secondary N) is 2. The smallest absolute Gasteiger partial charge is 0.248 e. The Bertz CT molecular complexity index is 1570. The van der Waals surface area contributed by atoms with Crippen LogP contribution in [0.5, 0.6) is 0 Å². The number of hydroxylamine groups is 8. The highest BCUT2D eigenvalue weighted by molar-refractivity contribution is 5.53. The van der Waals surface area contributed by atoms with Crippen molar-refractivity contribution >= 4 is 23.5 Å². The zero-order chi connectivity index (χ0) is 44.8. The average Bonchev–Trinajstić information content (AvgIpc) is 3.09. The van der Waals surface area contributed by atoms with E-state index >= 15 is 0 Å². The van der Waals surface area contributed by atoms with Crippen molar-refractivity contribution in [2.75, 3.05) is 20.7 Å². The number of hydrogen-bond acceptors (Lipinski definition) is 15. The number of rotatable bonds is 9. The third kappa shape index (κ3) is 8.97. The van der Waals surface area contributed by atoms with Gasteiger partial charge >= 0.3 is 0 Å². The Balaban J connectivity index is 1.59. The van der Waals surface area contributed by atoms with Crippen molar-refractivity contribution in [3.05, 3.63) is 30.3 Å². The molecular formula is C45H79N11O4. The molecule has 4 aliphatic heterocycles. The molecule has 338 valence electrons. The standard InChI is InChI=1S/C45H79N11O4/c1-38(2)22-31(23-39(3,4)53(38)57)51(32-24-40(5,6)54(58)41(7,8)25-32)36-46-35(50-49-30-20-18-17-19-21-30)47-37(48-36)52(33-26-42(9,10)55(59)43(11,12)27-33)34-28-44(13,14)56(60)45(15,16)29-34/h17-21,31-34,49,57-60H,22-29H2,1-16H3,(H,46,47,48,50). The second kappa shape index (κ2) is 15.4. The monoisotopic (exact) mass is 838 g/mol. The van der Waals surface area contributed by atoms with Gasteiger partial charge in [-0.15, -0.1) is 0 Å². The van der Waals surface area contributed by atoms with Gasteiger partial charge in [-0.1, -0.05) is 18.2 Å². The van der Waals surface area contributed by atoms with Gasteiger partial charge < -0.3 is 30.6 Å². The first-order valence-corrected chi connectivity index (χ1v) is 22.2. The van der Waals surface area contributed by atoms with Crippen molar-refractivity contribution in [3.63, 3.8) is 0 Å². The molecule has 6 N–H and O–H groups in total. The number of hydrazine groups is 1. The molecular weight excluding hydrogens is 759 g/mol. The number of aromatic nitrogens is 3. The molecule has 0 radical (unpaired) electrons. The van der Waals surface area contributed by atoms with E-state index in [9.17, 15) is 20.8 Å². The van der Waals surface area contributed by atoms with Crippen LogP contribution in [0.2, 0.25) is 0 Å². The van der Waals surface area contributed by atoms with E-state index in [1.165, 1.54) is 20.3 Å². The maximum absolute atomic E-state index is 11.5. The van der Waals surface area contributed by atoms with Gasteiger partial charge in [-0.2, -0.15) is 35.2 Å². The molecule has 4 saturated heterocycles. The van der Waals surface area contributed by atoms with Gasteiger partial charge in [-0.05, 0) is 174 Å². The Labute approximate surface area is 360 Å². The van der Waals surface area contributed by atoms with Gasteiger partial charge in [0.05, 0.1) is 5.69 Å². The average molecular weight is 838 g/mol. The lowest BCUT2D eigenvalue weighted by molar-refractivity contribution is -0.251. The highest BCUT2D eigenvalue weighted by atomic mass is 16.5. The zero-order valence-corrected chi connectivity index (χ0v) is 39.7. The van der Waals surface area contributed by atoms with E-state index in [-0.39, 0.29) is 24.2 Å². The topological polar surface area (TPSA) is 163 Å². The predicted molar refractivity (Wildman–Crippen MR) is 238 cm³/mol. The maximum Gasteiger partial charge on any atom is 0.248 e. The van der Waals surface area contributed by atoms with Crippen molar-refractivity contribution in [1.82, 2.24) is 35.2 Å². The van der Waals surface area contributed by atoms with E-state index in [2.05, 4.69) is 131 Å². The molecule has 0 atom stereocenters. The number of hydrogen-bond donors (Lipinski definition) is 6. The largest absolute Gasteiger partial charge is 0.334 e. The van der Waals surface area contributed by atoms with Crippen LogP contribution in [0.1, 0.15) is 162 Å². The summed E-state index contributed by atoms with van der Waals surface area (Å²) in [5, 5.41) is 52.3. The van der Waals surface area contributed by atoms with E-state index in [0.717, 1.165) is 5.69 Å². The SMILES string of the molecule is CC1(C)CC(N(c2nc(NNc3ccccc3)nc(N(C3CC(C)(C)N(O)C(C)(C)C3)C3CC(C)(C)N(O)C(C)(C)C3)n2)C2CC(C)(C)N(O)C(C)(C)C2)CC(C)(C)N1O. The van der Waals surface area contributed by atoms with Crippen LogP contribution < -0.4 is 20.7 Å². The van der Waals surface area contributed by atoms with Crippen molar-refractivity contribution in [2.24, 2.45) is 0 Å². The van der Waals surface area contributed by atoms with Crippen LogP contribution in [0.3, 0.4) is 0 Å². The van der Waals surface area contributed by atoms with Crippen LogP contribution in [0, 0.1) is 0 Å². The summed E-state index contributed by atoms with van der Waals surface area (Å²) in [6, 6.07) is 9.56. The molecule has 0 bridgehead atoms. The minimum absolute atomic E-state index is 0.0788. The van der Waals surface area contributed by atoms with Gasteiger partial charge in [0.2, 0.25) is 17.8 Å². The summed E-state index contributed by atoms with van der Waals surface area (Å²) in [7, 11) is 0. The maximum atomic E-state index is 11.5. The second-order valence-electron chi connectivity index (χ2n) is 23.7. The molecule has 15 nitrogen and oxygen atoms in total. The first kappa shape index (κ1) is 46.6. The van der Waals surface area contributed by atoms with E-state index in [1.54, 1.807) is 0 Å². The third-order valence-corrected chi connectivity index (χ3v) is 14.2. The molecule has 4 aliphatic rings. The Hall–Kier alpha value is -2.89. The van der Waals surface area contributed by atoms with Gasteiger partial charge in [-0.3, -0.25) is 10.9 Å². The van der Waals surface area contributed by atoms with E-state index in [4.69, 9.17) is 15.0 Å². The Morgan fingerprint density at radius 2 is 0.667 bits per heavy atom. The normalized spacial score (nSPS) is 27.3. The molecule has 0 unspecified atom stereocenters. The molecule has 5 heterocycles. The Kier molecular flexibility index (Phi) is 12.0. The molecule has 0 spiro atoms. The van der Waals surface area contributed by atoms with Crippen LogP contribution in [0.25, 0.3) is 0 Å². The fourth-order valence-electron chi connectivity index (χ4n) is 12.2. The molecule has 4 fully saturated rings. The number of anilines is 4. The van der Waals surface area contributed by atoms with Gasteiger partial charge in [-0.25, -0.2) is 0 Å². The Morgan fingerprint density at radius 3 is 0.917 bits per heavy atom. The second-order valence-corrected chi connectivity index (χ2v) is 23.7. The Morgan fingerprint density at radius 1 is 0.417 bits per heavy atom. The van der Waals surface area contributed by atoms with E-state index in [0.29, 0.717) is 69.2 Å². The summed E-state index contributed by atoms with van der Waals surface area (Å²) < 4.78 is 0. The predicted octanol–water partition coefficient (Wildman–Crippen LogP) is 8.57. The van der Waals surface area contributed by atoms with Gasteiger partial charge in [0, 0.05) is 68.5 Å². The summed E-state index contributed by atoms with van der Waals surface area (Å²) in [4.78, 5) is 21.0. The van der Waals surface area contributed by atoms with Crippen LogP contribution in [-0.4, -0.2) is 125 Å². The zero-order valence-electron chi connectivity index (χ0n) is 39.7. The van der Waals surface area contributed by atoms with Gasteiger partial charge in [0.1, 0.15) is 0 Å². The molecule has 1 aromatic carbocycles. The summed E-state index contributed by atoms with van der Waals surface area (Å²) in [6.07, 6.45) is 5.20. The molecule has 6 rings (SSSR count). The summed E-state index contributed by atoms with van der Waals surface area (Å²) in [6.45, 7) is 33.5. The quantitative estimate of drug-likeness (QED) is 0.133. The van der Waals surface area contributed by atoms with Gasteiger partial charge in [0.15, 0.2) is 0 Å². The number of nitrogens with zero attached hydrogens (tertiary/aromatic N) is 9. The molecule has 15 heteroatoms. The van der Waals surface area contributed by atoms with Crippen molar-refractivity contribution in [3.8, 4) is 0 Å². The summed E-state index contributed by atoms with van der Waals surface area (Å²) in [5.41, 5.74) is 3.08. The molecule has 0 saturated carbocycles. The fraction of sp³-hybridized carbons (Fsp3) is 0.800. The van der Waals surface area contributed by atoms with Crippen LogP contribution in [0.4, 0.5) is 23.5 Å². The first-order valence-electron chi connectivity index (χ1n) is 22.2. The minimum atomic E-state index is -0.559. The van der Waals surface area contributed by atoms with Gasteiger partial charge in [0.25, 0.3) is 0 Å². The number of para-hydroxylation sites is 1. The minimum Gasteiger partial charge on any atom is -0.334 e. The van der Waals surface area contributed by atoms with Crippen LogP contribution >= 0.6 is 0 Å². The summed E-state index contributed by atoms with van der Waals surface area (Å²) in [5.74, 6) is 1.43. The summed E-state index contributed by atoms with van der Waals surface area (Å²) >= 11 is 0. The molecule has 2 aromatic rings. The molecule has 1 aromatic heterocycles. The number of piperidine rings is 4. The molecule has 0 aliphatic carbocycles. The van der Waals surface area contributed by atoms with Crippen LogP contribution in [-0.2, 0) is 0 Å². The molecule has 60 heavy (non-hydrogen) atoms. The molecule has 0 amide bonds. The fourth-order valence-corrected chi connectivity index (χ4v) is 12.2. The van der Waals surface area contributed by atoms with E-state index in [1.807, 2.05) is 30.3 Å². The highest BCUT2D eigenvalue weighted by Crippen LogP contribution is 2.48. The lowest BCUT2D eigenvalue weighted by Gasteiger charge is -2.58. The van der Waals surface area contributed by atoms with E-state index < -0.39 is 44.3 Å². The lowest BCUT2D eigenvalue weighted by atomic mass is 9.74. The lowest BCUT2D eigenvalue weighted by Crippen LogP contribution is -2.68.